The Bertz CT molecular complexity index is 2680. The van der Waals surface area contributed by atoms with E-state index in [4.69, 9.17) is 11.6 Å². The SMILES string of the molecule is CC1(C)C(C=C=C2CCC(CC=C3C(C)(C)c4c(ccc5ccccc45)[N+]34CCC4S(=O)(=O)O)=C2Cl)=[N+](CCCS(=O)(=O)[O-])c2ccc3ccccc3c21. The van der Waals surface area contributed by atoms with Crippen LogP contribution >= 0.6 is 11.6 Å². The van der Waals surface area contributed by atoms with E-state index in [9.17, 15) is 25.9 Å². The number of rotatable bonds is 8. The molecule has 0 bridgehead atoms. The molecule has 54 heavy (non-hydrogen) atoms. The molecule has 2 atom stereocenters. The van der Waals surface area contributed by atoms with Gasteiger partial charge in [-0.1, -0.05) is 60.1 Å². The summed E-state index contributed by atoms with van der Waals surface area (Å²) in [6, 6.07) is 24.6. The first kappa shape index (κ1) is 37.1. The van der Waals surface area contributed by atoms with E-state index in [-0.39, 0.29) is 10.9 Å². The molecule has 280 valence electrons. The zero-order valence-corrected chi connectivity index (χ0v) is 33.3. The summed E-state index contributed by atoms with van der Waals surface area (Å²) in [4.78, 5) is 0. The van der Waals surface area contributed by atoms with E-state index in [2.05, 4.69) is 80.5 Å². The highest BCUT2D eigenvalue weighted by molar-refractivity contribution is 7.86. The maximum atomic E-state index is 12.9. The molecule has 4 aliphatic rings. The van der Waals surface area contributed by atoms with Crippen molar-refractivity contribution in [2.24, 2.45) is 0 Å². The van der Waals surface area contributed by atoms with Crippen molar-refractivity contribution in [3.63, 3.8) is 0 Å². The second-order valence-corrected chi connectivity index (χ2v) is 19.6. The van der Waals surface area contributed by atoms with Crippen LogP contribution in [0.25, 0.3) is 21.5 Å². The maximum absolute atomic E-state index is 12.9. The first-order valence-electron chi connectivity index (χ1n) is 18.5. The number of nitrogens with zero attached hydrogens (tertiary/aromatic N) is 2. The van der Waals surface area contributed by atoms with Gasteiger partial charge in [-0.2, -0.15) is 13.0 Å². The third-order valence-corrected chi connectivity index (χ3v) is 14.9. The second kappa shape index (κ2) is 12.8. The molecule has 8 nitrogen and oxygen atoms in total. The summed E-state index contributed by atoms with van der Waals surface area (Å²) in [6.07, 6.45) is 6.63. The van der Waals surface area contributed by atoms with Gasteiger partial charge >= 0.3 is 10.1 Å². The van der Waals surface area contributed by atoms with Crippen LogP contribution in [-0.2, 0) is 31.1 Å². The lowest BCUT2D eigenvalue weighted by Gasteiger charge is -2.49. The molecule has 1 N–H and O–H groups in total. The van der Waals surface area contributed by atoms with Crippen LogP contribution in [0.1, 0.15) is 70.9 Å². The number of quaternary nitrogens is 1. The van der Waals surface area contributed by atoms with E-state index < -0.39 is 42.2 Å². The lowest BCUT2D eigenvalue weighted by molar-refractivity contribution is -0.437. The van der Waals surface area contributed by atoms with Gasteiger partial charge in [-0.25, -0.2) is 12.9 Å². The van der Waals surface area contributed by atoms with E-state index in [1.54, 1.807) is 0 Å². The molecule has 11 heteroatoms. The van der Waals surface area contributed by atoms with E-state index in [0.717, 1.165) is 73.0 Å². The lowest BCUT2D eigenvalue weighted by Crippen LogP contribution is -2.68. The van der Waals surface area contributed by atoms with Crippen molar-refractivity contribution >= 4 is 70.5 Å². The van der Waals surface area contributed by atoms with E-state index in [0.29, 0.717) is 37.4 Å². The zero-order valence-electron chi connectivity index (χ0n) is 30.9. The van der Waals surface area contributed by atoms with Crippen LogP contribution in [0, 0.1) is 0 Å². The summed E-state index contributed by atoms with van der Waals surface area (Å²) in [7, 11) is -8.71. The van der Waals surface area contributed by atoms with Crippen LogP contribution in [-0.4, -0.2) is 60.4 Å². The minimum Gasteiger partial charge on any atom is -0.748 e. The van der Waals surface area contributed by atoms with Gasteiger partial charge in [0.25, 0.3) is 0 Å². The Morgan fingerprint density at radius 3 is 2.19 bits per heavy atom. The van der Waals surface area contributed by atoms with Crippen LogP contribution < -0.4 is 4.48 Å². The number of hydrogen-bond acceptors (Lipinski definition) is 5. The molecule has 1 saturated heterocycles. The highest BCUT2D eigenvalue weighted by Gasteiger charge is 2.66. The van der Waals surface area contributed by atoms with E-state index >= 15 is 0 Å². The second-order valence-electron chi connectivity index (χ2n) is 16.1. The molecular formula is C43H44ClN2O6S2+. The summed E-state index contributed by atoms with van der Waals surface area (Å²) in [6.45, 7) is 9.55. The quantitative estimate of drug-likeness (QED) is 0.0827. The van der Waals surface area contributed by atoms with Crippen molar-refractivity contribution in [2.75, 3.05) is 18.8 Å². The molecular weight excluding hydrogens is 740 g/mol. The largest absolute Gasteiger partial charge is 0.748 e. The van der Waals surface area contributed by atoms with Gasteiger partial charge in [0.1, 0.15) is 17.9 Å². The molecule has 4 aromatic carbocycles. The van der Waals surface area contributed by atoms with Gasteiger partial charge in [0.05, 0.1) is 38.9 Å². The Balaban J connectivity index is 1.19. The Morgan fingerprint density at radius 1 is 0.907 bits per heavy atom. The van der Waals surface area contributed by atoms with Crippen molar-refractivity contribution in [3.05, 3.63) is 124 Å². The van der Waals surface area contributed by atoms with Crippen molar-refractivity contribution in [1.82, 2.24) is 4.48 Å². The molecule has 0 amide bonds. The molecule has 3 heterocycles. The zero-order chi connectivity index (χ0) is 38.4. The van der Waals surface area contributed by atoms with Gasteiger partial charge in [-0.3, -0.25) is 4.55 Å². The minimum absolute atomic E-state index is 0.103. The molecule has 1 aliphatic carbocycles. The number of benzene rings is 4. The number of fused-ring (bicyclic) bond motifs is 7. The van der Waals surface area contributed by atoms with Crippen LogP contribution in [0.4, 0.5) is 11.4 Å². The molecule has 8 rings (SSSR count). The fourth-order valence-electron chi connectivity index (χ4n) is 9.89. The predicted octanol–water partition coefficient (Wildman–Crippen LogP) is 8.86. The van der Waals surface area contributed by atoms with Crippen molar-refractivity contribution in [2.45, 2.75) is 76.0 Å². The van der Waals surface area contributed by atoms with Crippen LogP contribution in [0.15, 0.2) is 113 Å². The van der Waals surface area contributed by atoms with E-state index in [1.165, 1.54) is 0 Å². The van der Waals surface area contributed by atoms with Crippen LogP contribution in [0.3, 0.4) is 0 Å². The summed E-state index contributed by atoms with van der Waals surface area (Å²) in [5.74, 6) is -0.443. The van der Waals surface area contributed by atoms with Gasteiger partial charge in [0, 0.05) is 47.1 Å². The predicted molar refractivity (Wildman–Crippen MR) is 216 cm³/mol. The fourth-order valence-corrected chi connectivity index (χ4v) is 11.9. The normalized spacial score (nSPS) is 23.7. The number of hydrogen-bond donors (Lipinski definition) is 1. The summed E-state index contributed by atoms with van der Waals surface area (Å²) >= 11 is 7.15. The summed E-state index contributed by atoms with van der Waals surface area (Å²) < 4.78 is 73.0. The van der Waals surface area contributed by atoms with Crippen LogP contribution in [0.2, 0.25) is 0 Å². The molecule has 0 aromatic heterocycles. The lowest BCUT2D eigenvalue weighted by atomic mass is 9.79. The molecule has 1 spiro atoms. The van der Waals surface area contributed by atoms with Gasteiger partial charge in [-0.15, -0.1) is 5.73 Å². The monoisotopic (exact) mass is 783 g/mol. The van der Waals surface area contributed by atoms with Crippen molar-refractivity contribution in [1.29, 1.82) is 0 Å². The van der Waals surface area contributed by atoms with Crippen molar-refractivity contribution in [3.8, 4) is 0 Å². The average molecular weight is 784 g/mol. The highest BCUT2D eigenvalue weighted by Crippen LogP contribution is 2.60. The topological polar surface area (TPSA) is 115 Å². The molecule has 3 aliphatic heterocycles. The Morgan fingerprint density at radius 2 is 1.56 bits per heavy atom. The van der Waals surface area contributed by atoms with Gasteiger partial charge in [-0.05, 0) is 92.3 Å². The third-order valence-electron chi connectivity index (χ3n) is 12.3. The van der Waals surface area contributed by atoms with E-state index in [1.807, 2.05) is 42.5 Å². The first-order valence-corrected chi connectivity index (χ1v) is 21.9. The van der Waals surface area contributed by atoms with Crippen LogP contribution in [0.5, 0.6) is 0 Å². The molecule has 0 saturated carbocycles. The summed E-state index contributed by atoms with van der Waals surface area (Å²) in [5, 5.41) is 4.08. The highest BCUT2D eigenvalue weighted by atomic mass is 35.5. The van der Waals surface area contributed by atoms with Crippen molar-refractivity contribution < 1.29 is 30.5 Å². The standard InChI is InChI=1S/C43H43ClN2O6S2/c1-42(2)36(45(25-9-27-53(47,48)49)34-20-16-28-10-5-7-12-32(28)39(34)42)22-18-30-14-15-31(41(30)44)19-23-37-43(3,4)40-33-13-8-6-11-29(33)17-21-35(40)46(37)26-24-38(46)54(50,51)52/h5-8,10-13,16-17,20-23,38H,9,14-15,19,24-27H2,1-4H3/p+1. The molecule has 2 unspecified atom stereocenters. The summed E-state index contributed by atoms with van der Waals surface area (Å²) in [5.41, 5.74) is 10.5. The van der Waals surface area contributed by atoms with Gasteiger partial charge in [0.15, 0.2) is 5.71 Å². The molecule has 4 aromatic rings. The molecule has 1 fully saturated rings. The smallest absolute Gasteiger partial charge is 0.320 e. The number of halogens is 1. The third kappa shape index (κ3) is 5.77. The Labute approximate surface area is 322 Å². The fraction of sp³-hybridized carbons (Fsp3) is 0.349. The minimum atomic E-state index is -4.36. The maximum Gasteiger partial charge on any atom is 0.320 e. The van der Waals surface area contributed by atoms with Gasteiger partial charge in [0.2, 0.25) is 11.1 Å². The Kier molecular flexibility index (Phi) is 8.82. The Hall–Kier alpha value is -3.86. The van der Waals surface area contributed by atoms with Gasteiger partial charge < -0.3 is 4.55 Å². The average Bonchev–Trinajstić information content (AvgIpc) is 3.63. The number of allylic oxidation sites excluding steroid dienone is 5. The molecule has 0 radical (unpaired) electrons. The first-order chi connectivity index (χ1) is 25.5.